The van der Waals surface area contributed by atoms with Gasteiger partial charge in [-0.2, -0.15) is 0 Å². The summed E-state index contributed by atoms with van der Waals surface area (Å²) >= 11 is 0. The van der Waals surface area contributed by atoms with Crippen molar-refractivity contribution in [1.82, 2.24) is 5.32 Å². The summed E-state index contributed by atoms with van der Waals surface area (Å²) in [6.07, 6.45) is 0.0435. The Balaban J connectivity index is 2.61. The van der Waals surface area contributed by atoms with E-state index in [9.17, 15) is 9.59 Å². The molecule has 1 aromatic heterocycles. The molecular weight excluding hydrogens is 246 g/mol. The molecule has 0 spiro atoms. The third-order valence-corrected chi connectivity index (χ3v) is 2.88. The SMILES string of the molecule is Cc1oc(C(C)C)cc1C(=O)NCC(C)CC(=O)O. The zero-order valence-electron chi connectivity index (χ0n) is 11.8. The van der Waals surface area contributed by atoms with E-state index in [4.69, 9.17) is 9.52 Å². The van der Waals surface area contributed by atoms with E-state index in [0.29, 0.717) is 17.9 Å². The van der Waals surface area contributed by atoms with Gasteiger partial charge >= 0.3 is 5.97 Å². The van der Waals surface area contributed by atoms with Crippen LogP contribution in [-0.2, 0) is 4.79 Å². The van der Waals surface area contributed by atoms with Gasteiger partial charge in [0.05, 0.1) is 5.56 Å². The monoisotopic (exact) mass is 267 g/mol. The van der Waals surface area contributed by atoms with Crippen molar-refractivity contribution in [3.05, 3.63) is 23.2 Å². The minimum absolute atomic E-state index is 0.0435. The summed E-state index contributed by atoms with van der Waals surface area (Å²) in [5, 5.41) is 11.4. The second kappa shape index (κ2) is 6.41. The molecule has 1 heterocycles. The number of rotatable bonds is 6. The first kappa shape index (κ1) is 15.3. The molecule has 0 aliphatic rings. The lowest BCUT2D eigenvalue weighted by Gasteiger charge is -2.09. The first-order valence-corrected chi connectivity index (χ1v) is 6.41. The Morgan fingerprint density at radius 1 is 1.37 bits per heavy atom. The average Bonchev–Trinajstić information content (AvgIpc) is 2.67. The number of furan rings is 1. The Labute approximate surface area is 113 Å². The van der Waals surface area contributed by atoms with E-state index in [-0.39, 0.29) is 24.2 Å². The predicted octanol–water partition coefficient (Wildman–Crippen LogP) is 2.55. The molecule has 0 aliphatic heterocycles. The third kappa shape index (κ3) is 4.43. The summed E-state index contributed by atoms with van der Waals surface area (Å²) < 4.78 is 5.51. The normalized spacial score (nSPS) is 12.5. The molecular formula is C14H21NO4. The summed E-state index contributed by atoms with van der Waals surface area (Å²) in [6.45, 7) is 7.87. The van der Waals surface area contributed by atoms with Crippen molar-refractivity contribution in [1.29, 1.82) is 0 Å². The van der Waals surface area contributed by atoms with Gasteiger partial charge in [-0.1, -0.05) is 20.8 Å². The summed E-state index contributed by atoms with van der Waals surface area (Å²) in [6, 6.07) is 1.75. The minimum atomic E-state index is -0.858. The zero-order chi connectivity index (χ0) is 14.6. The van der Waals surface area contributed by atoms with Crippen LogP contribution in [-0.4, -0.2) is 23.5 Å². The Hall–Kier alpha value is -1.78. The number of carboxylic acid groups (broad SMARTS) is 1. The number of carbonyl (C=O) groups is 2. The Morgan fingerprint density at radius 3 is 2.47 bits per heavy atom. The fraction of sp³-hybridized carbons (Fsp3) is 0.571. The summed E-state index contributed by atoms with van der Waals surface area (Å²) in [5.41, 5.74) is 0.520. The van der Waals surface area contributed by atoms with Gasteiger partial charge in [-0.05, 0) is 18.9 Å². The van der Waals surface area contributed by atoms with Gasteiger partial charge in [0, 0.05) is 18.9 Å². The summed E-state index contributed by atoms with van der Waals surface area (Å²) in [7, 11) is 0. The lowest BCUT2D eigenvalue weighted by atomic mass is 10.1. The fourth-order valence-electron chi connectivity index (χ4n) is 1.75. The van der Waals surface area contributed by atoms with Crippen molar-refractivity contribution in [2.45, 2.75) is 40.0 Å². The van der Waals surface area contributed by atoms with Gasteiger partial charge < -0.3 is 14.8 Å². The predicted molar refractivity (Wildman–Crippen MR) is 71.3 cm³/mol. The van der Waals surface area contributed by atoms with Crippen molar-refractivity contribution in [2.75, 3.05) is 6.54 Å². The largest absolute Gasteiger partial charge is 0.481 e. The molecule has 0 aliphatic carbocycles. The number of carbonyl (C=O) groups excluding carboxylic acids is 1. The van der Waals surface area contributed by atoms with Gasteiger partial charge in [0.2, 0.25) is 0 Å². The van der Waals surface area contributed by atoms with E-state index >= 15 is 0 Å². The van der Waals surface area contributed by atoms with Crippen LogP contribution in [0.25, 0.3) is 0 Å². The highest BCUT2D eigenvalue weighted by atomic mass is 16.4. The van der Waals surface area contributed by atoms with E-state index in [2.05, 4.69) is 5.32 Å². The van der Waals surface area contributed by atoms with Crippen LogP contribution < -0.4 is 5.32 Å². The first-order chi connectivity index (χ1) is 8.81. The number of amides is 1. The second-order valence-corrected chi connectivity index (χ2v) is 5.19. The molecule has 5 heteroatoms. The number of aryl methyl sites for hydroxylation is 1. The molecule has 0 fully saturated rings. The molecule has 19 heavy (non-hydrogen) atoms. The molecule has 0 aromatic carbocycles. The first-order valence-electron chi connectivity index (χ1n) is 6.41. The maximum Gasteiger partial charge on any atom is 0.303 e. The van der Waals surface area contributed by atoms with E-state index < -0.39 is 5.97 Å². The highest BCUT2D eigenvalue weighted by Crippen LogP contribution is 2.21. The molecule has 0 bridgehead atoms. The molecule has 2 N–H and O–H groups in total. The zero-order valence-corrected chi connectivity index (χ0v) is 11.8. The standard InChI is InChI=1S/C14H21NO4/c1-8(2)12-6-11(10(4)19-12)14(18)15-7-9(3)5-13(16)17/h6,8-9H,5,7H2,1-4H3,(H,15,18)(H,16,17). The molecule has 1 unspecified atom stereocenters. The van der Waals surface area contributed by atoms with E-state index in [1.807, 2.05) is 13.8 Å². The smallest absolute Gasteiger partial charge is 0.303 e. The van der Waals surface area contributed by atoms with E-state index in [1.54, 1.807) is 19.9 Å². The fourth-order valence-corrected chi connectivity index (χ4v) is 1.75. The highest BCUT2D eigenvalue weighted by Gasteiger charge is 2.17. The van der Waals surface area contributed by atoms with Gasteiger partial charge in [-0.15, -0.1) is 0 Å². The molecule has 5 nitrogen and oxygen atoms in total. The molecule has 1 aromatic rings. The third-order valence-electron chi connectivity index (χ3n) is 2.88. The number of aliphatic carboxylic acids is 1. The van der Waals surface area contributed by atoms with Crippen LogP contribution in [0.2, 0.25) is 0 Å². The maximum absolute atomic E-state index is 12.0. The topological polar surface area (TPSA) is 79.5 Å². The number of hydrogen-bond acceptors (Lipinski definition) is 3. The van der Waals surface area contributed by atoms with Crippen LogP contribution in [0.5, 0.6) is 0 Å². The number of nitrogens with one attached hydrogen (secondary N) is 1. The Bertz CT molecular complexity index is 462. The van der Waals surface area contributed by atoms with Crippen molar-refractivity contribution in [3.8, 4) is 0 Å². The second-order valence-electron chi connectivity index (χ2n) is 5.19. The molecule has 0 saturated heterocycles. The van der Waals surface area contributed by atoms with Crippen LogP contribution >= 0.6 is 0 Å². The number of hydrogen-bond donors (Lipinski definition) is 2. The summed E-state index contributed by atoms with van der Waals surface area (Å²) in [4.78, 5) is 22.5. The van der Waals surface area contributed by atoms with Gasteiger partial charge in [-0.25, -0.2) is 0 Å². The highest BCUT2D eigenvalue weighted by molar-refractivity contribution is 5.95. The Kier molecular flexibility index (Phi) is 5.15. The Morgan fingerprint density at radius 2 is 2.00 bits per heavy atom. The van der Waals surface area contributed by atoms with Crippen LogP contribution in [0.1, 0.15) is 55.0 Å². The maximum atomic E-state index is 12.0. The molecule has 106 valence electrons. The molecule has 1 amide bonds. The van der Waals surface area contributed by atoms with E-state index in [0.717, 1.165) is 5.76 Å². The summed E-state index contributed by atoms with van der Waals surface area (Å²) in [5.74, 6) is 0.423. The minimum Gasteiger partial charge on any atom is -0.481 e. The van der Waals surface area contributed by atoms with Gasteiger partial charge in [0.1, 0.15) is 11.5 Å². The average molecular weight is 267 g/mol. The van der Waals surface area contributed by atoms with Crippen LogP contribution in [0.3, 0.4) is 0 Å². The van der Waals surface area contributed by atoms with Crippen molar-refractivity contribution >= 4 is 11.9 Å². The molecule has 0 saturated carbocycles. The van der Waals surface area contributed by atoms with E-state index in [1.165, 1.54) is 0 Å². The van der Waals surface area contributed by atoms with Gasteiger partial charge in [0.15, 0.2) is 0 Å². The molecule has 0 radical (unpaired) electrons. The lowest BCUT2D eigenvalue weighted by Crippen LogP contribution is -2.29. The number of carboxylic acids is 1. The van der Waals surface area contributed by atoms with Crippen LogP contribution in [0.4, 0.5) is 0 Å². The van der Waals surface area contributed by atoms with Crippen LogP contribution in [0.15, 0.2) is 10.5 Å². The van der Waals surface area contributed by atoms with Crippen molar-refractivity contribution < 1.29 is 19.1 Å². The van der Waals surface area contributed by atoms with Gasteiger partial charge in [0.25, 0.3) is 5.91 Å². The van der Waals surface area contributed by atoms with Crippen molar-refractivity contribution in [2.24, 2.45) is 5.92 Å². The van der Waals surface area contributed by atoms with Crippen LogP contribution in [0, 0.1) is 12.8 Å². The molecule has 1 atom stereocenters. The quantitative estimate of drug-likeness (QED) is 0.830. The lowest BCUT2D eigenvalue weighted by molar-refractivity contribution is -0.137. The van der Waals surface area contributed by atoms with Crippen molar-refractivity contribution in [3.63, 3.8) is 0 Å². The molecule has 1 rings (SSSR count). The van der Waals surface area contributed by atoms with Gasteiger partial charge in [-0.3, -0.25) is 9.59 Å².